The Kier molecular flexibility index (Phi) is 5.11. The predicted molar refractivity (Wildman–Crippen MR) is 130 cm³/mol. The number of pyridine rings is 1. The Morgan fingerprint density at radius 1 is 1.06 bits per heavy atom. The van der Waals surface area contributed by atoms with Crippen LogP contribution in [0.1, 0.15) is 42.3 Å². The van der Waals surface area contributed by atoms with Gasteiger partial charge < -0.3 is 20.0 Å². The third kappa shape index (κ3) is 3.89. The number of benzene rings is 2. The minimum absolute atomic E-state index is 0.0206. The number of hydrogen-bond acceptors (Lipinski definition) is 6. The average Bonchev–Trinajstić information content (AvgIpc) is 3.42. The first-order chi connectivity index (χ1) is 16.2. The van der Waals surface area contributed by atoms with Crippen molar-refractivity contribution in [2.45, 2.75) is 31.9 Å². The van der Waals surface area contributed by atoms with Gasteiger partial charge in [0.25, 0.3) is 0 Å². The Bertz CT molecular complexity index is 1260. The Balaban J connectivity index is 1.28. The molecule has 1 atom stereocenters. The molecular formula is C26H28N6O. The summed E-state index contributed by atoms with van der Waals surface area (Å²) < 4.78 is 6.06. The van der Waals surface area contributed by atoms with Gasteiger partial charge in [0.05, 0.1) is 16.7 Å². The maximum atomic E-state index is 6.06. The zero-order valence-corrected chi connectivity index (χ0v) is 18.8. The van der Waals surface area contributed by atoms with E-state index < -0.39 is 0 Å². The lowest BCUT2D eigenvalue weighted by Crippen LogP contribution is -2.29. The maximum absolute atomic E-state index is 6.06. The SMILES string of the molecule is CN1Nc2ccc(OCc3cccnc3)cc2C1c1nc2ccc(N3CCCCC3)cc2[nH]1. The van der Waals surface area contributed by atoms with Crippen molar-refractivity contribution in [1.82, 2.24) is 20.0 Å². The first kappa shape index (κ1) is 20.1. The molecule has 7 heteroatoms. The highest BCUT2D eigenvalue weighted by molar-refractivity contribution is 5.80. The quantitative estimate of drug-likeness (QED) is 0.461. The number of nitrogens with one attached hydrogen (secondary N) is 2. The molecule has 2 aliphatic rings. The van der Waals surface area contributed by atoms with E-state index in [1.165, 1.54) is 24.9 Å². The third-order valence-electron chi connectivity index (χ3n) is 6.59. The predicted octanol–water partition coefficient (Wildman–Crippen LogP) is 4.89. The Labute approximate surface area is 193 Å². The van der Waals surface area contributed by atoms with Crippen molar-refractivity contribution in [1.29, 1.82) is 0 Å². The number of ether oxygens (including phenoxy) is 1. The number of hydrogen-bond donors (Lipinski definition) is 2. The topological polar surface area (TPSA) is 69.3 Å². The van der Waals surface area contributed by atoms with E-state index in [2.05, 4.69) is 55.6 Å². The van der Waals surface area contributed by atoms with Gasteiger partial charge in [-0.25, -0.2) is 9.99 Å². The molecule has 2 aromatic carbocycles. The monoisotopic (exact) mass is 440 g/mol. The lowest BCUT2D eigenvalue weighted by atomic mass is 10.1. The highest BCUT2D eigenvalue weighted by Crippen LogP contribution is 2.40. The summed E-state index contributed by atoms with van der Waals surface area (Å²) >= 11 is 0. The standard InChI is InChI=1S/C26H28N6O/c1-31-25(21-15-20(8-10-22(21)30-31)33-17-18-6-5-11-27-16-18)26-28-23-9-7-19(14-24(23)29-26)32-12-3-2-4-13-32/h5-11,14-16,25,30H,2-4,12-13,17H2,1H3,(H,28,29). The number of hydrazine groups is 1. The molecule has 0 aliphatic carbocycles. The molecule has 2 aromatic heterocycles. The van der Waals surface area contributed by atoms with Gasteiger partial charge in [0, 0.05) is 49.3 Å². The number of nitrogens with zero attached hydrogens (tertiary/aromatic N) is 4. The summed E-state index contributed by atoms with van der Waals surface area (Å²) in [5.74, 6) is 1.77. The van der Waals surface area contributed by atoms with Crippen molar-refractivity contribution in [2.75, 3.05) is 30.5 Å². The molecule has 6 rings (SSSR count). The molecule has 33 heavy (non-hydrogen) atoms. The average molecular weight is 441 g/mol. The third-order valence-corrected chi connectivity index (χ3v) is 6.59. The lowest BCUT2D eigenvalue weighted by Gasteiger charge is -2.28. The van der Waals surface area contributed by atoms with Crippen LogP contribution in [0.15, 0.2) is 60.9 Å². The number of imidazole rings is 1. The molecule has 1 fully saturated rings. The molecule has 7 nitrogen and oxygen atoms in total. The van der Waals surface area contributed by atoms with Crippen molar-refractivity contribution < 1.29 is 4.74 Å². The molecule has 0 spiro atoms. The summed E-state index contributed by atoms with van der Waals surface area (Å²) in [6, 6.07) is 16.7. The number of H-pyrrole nitrogens is 1. The molecule has 0 amide bonds. The molecule has 4 heterocycles. The summed E-state index contributed by atoms with van der Waals surface area (Å²) in [7, 11) is 2.05. The second-order valence-electron chi connectivity index (χ2n) is 8.90. The van der Waals surface area contributed by atoms with Crippen LogP contribution in [0.4, 0.5) is 11.4 Å². The number of fused-ring (bicyclic) bond motifs is 2. The molecule has 1 unspecified atom stereocenters. The highest BCUT2D eigenvalue weighted by atomic mass is 16.5. The van der Waals surface area contributed by atoms with E-state index in [-0.39, 0.29) is 6.04 Å². The van der Waals surface area contributed by atoms with E-state index in [1.54, 1.807) is 6.20 Å². The summed E-state index contributed by atoms with van der Waals surface area (Å²) in [5, 5.41) is 2.10. The van der Waals surface area contributed by atoms with Crippen LogP contribution in [0.2, 0.25) is 0 Å². The van der Waals surface area contributed by atoms with Gasteiger partial charge in [0.15, 0.2) is 0 Å². The fourth-order valence-electron chi connectivity index (χ4n) is 4.90. The van der Waals surface area contributed by atoms with Gasteiger partial charge in [-0.1, -0.05) is 6.07 Å². The van der Waals surface area contributed by atoms with Crippen LogP contribution < -0.4 is 15.1 Å². The first-order valence-electron chi connectivity index (χ1n) is 11.6. The van der Waals surface area contributed by atoms with Gasteiger partial charge in [0.1, 0.15) is 24.2 Å². The van der Waals surface area contributed by atoms with E-state index in [0.29, 0.717) is 6.61 Å². The minimum atomic E-state index is -0.0206. The molecule has 0 bridgehead atoms. The van der Waals surface area contributed by atoms with Crippen LogP contribution >= 0.6 is 0 Å². The van der Waals surface area contributed by atoms with Gasteiger partial charge in [-0.3, -0.25) is 4.98 Å². The van der Waals surface area contributed by atoms with Crippen molar-refractivity contribution in [3.8, 4) is 5.75 Å². The van der Waals surface area contributed by atoms with Gasteiger partial charge >= 0.3 is 0 Å². The molecule has 0 saturated carbocycles. The first-order valence-corrected chi connectivity index (χ1v) is 11.6. The van der Waals surface area contributed by atoms with Crippen molar-refractivity contribution in [3.05, 3.63) is 77.9 Å². The normalized spacial score (nSPS) is 18.3. The molecular weight excluding hydrogens is 412 g/mol. The number of rotatable bonds is 5. The fourth-order valence-corrected chi connectivity index (χ4v) is 4.90. The molecule has 0 radical (unpaired) electrons. The van der Waals surface area contributed by atoms with Crippen LogP contribution in [0.25, 0.3) is 11.0 Å². The number of aromatic amines is 1. The zero-order valence-electron chi connectivity index (χ0n) is 18.8. The highest BCUT2D eigenvalue weighted by Gasteiger charge is 2.32. The second kappa shape index (κ2) is 8.41. The smallest absolute Gasteiger partial charge is 0.131 e. The number of piperidine rings is 1. The summed E-state index contributed by atoms with van der Waals surface area (Å²) in [6.07, 6.45) is 7.48. The maximum Gasteiger partial charge on any atom is 0.131 e. The van der Waals surface area contributed by atoms with Crippen molar-refractivity contribution >= 4 is 22.4 Å². The van der Waals surface area contributed by atoms with Crippen molar-refractivity contribution in [3.63, 3.8) is 0 Å². The number of anilines is 2. The van der Waals surface area contributed by atoms with Gasteiger partial charge in [-0.05, 0) is 61.7 Å². The van der Waals surface area contributed by atoms with E-state index in [1.807, 2.05) is 31.4 Å². The van der Waals surface area contributed by atoms with E-state index >= 15 is 0 Å². The Hall–Kier alpha value is -3.58. The van der Waals surface area contributed by atoms with Crippen LogP contribution in [-0.4, -0.2) is 40.1 Å². The van der Waals surface area contributed by atoms with E-state index in [0.717, 1.165) is 52.5 Å². The van der Waals surface area contributed by atoms with Crippen LogP contribution in [0.5, 0.6) is 5.75 Å². The van der Waals surface area contributed by atoms with Gasteiger partial charge in [0.2, 0.25) is 0 Å². The summed E-state index contributed by atoms with van der Waals surface area (Å²) in [6.45, 7) is 2.76. The lowest BCUT2D eigenvalue weighted by molar-refractivity contribution is 0.304. The summed E-state index contributed by atoms with van der Waals surface area (Å²) in [4.78, 5) is 15.2. The van der Waals surface area contributed by atoms with E-state index in [4.69, 9.17) is 9.72 Å². The molecule has 2 aliphatic heterocycles. The fraction of sp³-hybridized carbons (Fsp3) is 0.308. The molecule has 2 N–H and O–H groups in total. The van der Waals surface area contributed by atoms with Crippen LogP contribution in [0.3, 0.4) is 0 Å². The van der Waals surface area contributed by atoms with E-state index in [9.17, 15) is 0 Å². The van der Waals surface area contributed by atoms with Crippen LogP contribution in [-0.2, 0) is 6.61 Å². The van der Waals surface area contributed by atoms with Gasteiger partial charge in [-0.2, -0.15) is 0 Å². The van der Waals surface area contributed by atoms with Crippen LogP contribution in [0, 0.1) is 0 Å². The molecule has 4 aromatic rings. The Morgan fingerprint density at radius 3 is 2.82 bits per heavy atom. The second-order valence-corrected chi connectivity index (χ2v) is 8.90. The van der Waals surface area contributed by atoms with Gasteiger partial charge in [-0.15, -0.1) is 0 Å². The molecule has 1 saturated heterocycles. The summed E-state index contributed by atoms with van der Waals surface area (Å²) in [5.41, 5.74) is 10.1. The zero-order chi connectivity index (χ0) is 22.2. The van der Waals surface area contributed by atoms with Crippen molar-refractivity contribution in [2.24, 2.45) is 0 Å². The Morgan fingerprint density at radius 2 is 1.97 bits per heavy atom. The minimum Gasteiger partial charge on any atom is -0.489 e. The number of aromatic nitrogens is 3. The largest absolute Gasteiger partial charge is 0.489 e. The molecule has 168 valence electrons.